The van der Waals surface area contributed by atoms with Crippen LogP contribution in [-0.4, -0.2) is 6.36 Å². The van der Waals surface area contributed by atoms with Gasteiger partial charge in [0, 0.05) is 12.1 Å². The van der Waals surface area contributed by atoms with E-state index in [0.717, 1.165) is 0 Å². The zero-order valence-corrected chi connectivity index (χ0v) is 7.59. The molecular formula is C8H2F8O. The molecule has 0 N–H and O–H groups in total. The lowest BCUT2D eigenvalue weighted by Gasteiger charge is -2.15. The van der Waals surface area contributed by atoms with Crippen LogP contribution in [0.3, 0.4) is 0 Å². The summed E-state index contributed by atoms with van der Waals surface area (Å²) in [5, 5.41) is 0. The van der Waals surface area contributed by atoms with E-state index in [1.54, 1.807) is 0 Å². The molecule has 0 bridgehead atoms. The van der Waals surface area contributed by atoms with Crippen molar-refractivity contribution in [3.05, 3.63) is 29.3 Å². The first kappa shape index (κ1) is 13.5. The normalized spacial score (nSPS) is 12.7. The Labute approximate surface area is 88.6 Å². The quantitative estimate of drug-likeness (QED) is 0.701. The van der Waals surface area contributed by atoms with Gasteiger partial charge in [0.2, 0.25) is 0 Å². The smallest absolute Gasteiger partial charge is 0.405 e. The summed E-state index contributed by atoms with van der Waals surface area (Å²) < 4.78 is 100. The molecular weight excluding hydrogens is 264 g/mol. The molecule has 0 aliphatic rings. The van der Waals surface area contributed by atoms with Crippen molar-refractivity contribution < 1.29 is 39.9 Å². The first-order valence-corrected chi connectivity index (χ1v) is 3.82. The maximum absolute atomic E-state index is 12.8. The molecule has 17 heavy (non-hydrogen) atoms. The molecule has 0 amide bonds. The van der Waals surface area contributed by atoms with Crippen LogP contribution >= 0.6 is 0 Å². The van der Waals surface area contributed by atoms with Gasteiger partial charge in [-0.2, -0.15) is 13.2 Å². The molecule has 0 aromatic heterocycles. The van der Waals surface area contributed by atoms with Gasteiger partial charge in [-0.25, -0.2) is 8.78 Å². The van der Waals surface area contributed by atoms with Crippen LogP contribution in [-0.2, 0) is 6.18 Å². The fraction of sp³-hybridized carbons (Fsp3) is 0.250. The lowest BCUT2D eigenvalue weighted by molar-refractivity contribution is -0.276. The highest BCUT2D eigenvalue weighted by Gasteiger charge is 2.42. The highest BCUT2D eigenvalue weighted by Crippen LogP contribution is 2.40. The molecule has 1 rings (SSSR count). The molecule has 0 saturated carbocycles. The first-order valence-electron chi connectivity index (χ1n) is 3.82. The van der Waals surface area contributed by atoms with E-state index >= 15 is 0 Å². The average Bonchev–Trinajstić information content (AvgIpc) is 1.94. The molecule has 1 aromatic carbocycles. The van der Waals surface area contributed by atoms with Crippen LogP contribution in [0.25, 0.3) is 0 Å². The highest BCUT2D eigenvalue weighted by molar-refractivity contribution is 5.37. The van der Waals surface area contributed by atoms with Gasteiger partial charge in [0.25, 0.3) is 0 Å². The molecule has 0 aliphatic carbocycles. The molecule has 0 spiro atoms. The summed E-state index contributed by atoms with van der Waals surface area (Å²) in [6.45, 7) is 0. The number of benzene rings is 1. The van der Waals surface area contributed by atoms with E-state index in [1.165, 1.54) is 0 Å². The van der Waals surface area contributed by atoms with Gasteiger partial charge in [-0.1, -0.05) is 0 Å². The van der Waals surface area contributed by atoms with E-state index in [4.69, 9.17) is 0 Å². The summed E-state index contributed by atoms with van der Waals surface area (Å²) in [7, 11) is 0. The fourth-order valence-corrected chi connectivity index (χ4v) is 1.03. The predicted molar refractivity (Wildman–Crippen MR) is 38.0 cm³/mol. The van der Waals surface area contributed by atoms with Crippen molar-refractivity contribution in [2.24, 2.45) is 0 Å². The van der Waals surface area contributed by atoms with E-state index in [1.807, 2.05) is 0 Å². The van der Waals surface area contributed by atoms with Crippen LogP contribution in [0.1, 0.15) is 5.56 Å². The zero-order chi connectivity index (χ0) is 13.4. The number of hydrogen-bond donors (Lipinski definition) is 0. The van der Waals surface area contributed by atoms with E-state index in [0.29, 0.717) is 0 Å². The summed E-state index contributed by atoms with van der Waals surface area (Å²) in [5.41, 5.74) is -2.31. The number of alkyl halides is 6. The van der Waals surface area contributed by atoms with Crippen LogP contribution in [0, 0.1) is 11.6 Å². The van der Waals surface area contributed by atoms with Crippen molar-refractivity contribution in [2.75, 3.05) is 0 Å². The standard InChI is InChI=1S/C8H2F8O/c9-3-1-4(10)6(7(11,12)13)5(2-3)17-8(14,15)16/h1-2H. The van der Waals surface area contributed by atoms with Crippen LogP contribution in [0.2, 0.25) is 0 Å². The van der Waals surface area contributed by atoms with Gasteiger partial charge in [-0.3, -0.25) is 0 Å². The lowest BCUT2D eigenvalue weighted by atomic mass is 10.1. The van der Waals surface area contributed by atoms with E-state index in [9.17, 15) is 35.1 Å². The largest absolute Gasteiger partial charge is 0.573 e. The summed E-state index contributed by atoms with van der Waals surface area (Å²) in [6.07, 6.45) is -10.9. The minimum Gasteiger partial charge on any atom is -0.405 e. The predicted octanol–water partition coefficient (Wildman–Crippen LogP) is 3.88. The highest BCUT2D eigenvalue weighted by atomic mass is 19.4. The molecule has 0 heterocycles. The van der Waals surface area contributed by atoms with Gasteiger partial charge in [-0.05, 0) is 0 Å². The summed E-state index contributed by atoms with van der Waals surface area (Å²) in [4.78, 5) is 0. The van der Waals surface area contributed by atoms with Gasteiger partial charge < -0.3 is 4.74 Å². The Balaban J connectivity index is 3.36. The Morgan fingerprint density at radius 2 is 1.41 bits per heavy atom. The van der Waals surface area contributed by atoms with Gasteiger partial charge in [0.1, 0.15) is 22.9 Å². The van der Waals surface area contributed by atoms with E-state index in [2.05, 4.69) is 4.74 Å². The maximum atomic E-state index is 12.8. The van der Waals surface area contributed by atoms with Crippen molar-refractivity contribution in [1.82, 2.24) is 0 Å². The van der Waals surface area contributed by atoms with Gasteiger partial charge in [0.05, 0.1) is 0 Å². The second-order valence-electron chi connectivity index (χ2n) is 2.81. The Kier molecular flexibility index (Phi) is 3.22. The van der Waals surface area contributed by atoms with Crippen LogP contribution < -0.4 is 4.74 Å². The maximum Gasteiger partial charge on any atom is 0.573 e. The molecule has 1 nitrogen and oxygen atoms in total. The molecule has 0 radical (unpaired) electrons. The van der Waals surface area contributed by atoms with Crippen LogP contribution in [0.4, 0.5) is 35.1 Å². The fourth-order valence-electron chi connectivity index (χ4n) is 1.03. The molecule has 0 atom stereocenters. The summed E-state index contributed by atoms with van der Waals surface area (Å²) in [5.74, 6) is -5.77. The topological polar surface area (TPSA) is 9.23 Å². The third-order valence-corrected chi connectivity index (χ3v) is 1.53. The second-order valence-corrected chi connectivity index (χ2v) is 2.81. The Morgan fingerprint density at radius 1 is 0.882 bits per heavy atom. The third-order valence-electron chi connectivity index (χ3n) is 1.53. The number of rotatable bonds is 1. The molecule has 0 fully saturated rings. The van der Waals surface area contributed by atoms with Gasteiger partial charge >= 0.3 is 12.5 Å². The Bertz CT molecular complexity index is 419. The molecule has 0 unspecified atom stereocenters. The van der Waals surface area contributed by atoms with Gasteiger partial charge in [-0.15, -0.1) is 13.2 Å². The van der Waals surface area contributed by atoms with Crippen LogP contribution in [0.15, 0.2) is 12.1 Å². The van der Waals surface area contributed by atoms with Crippen molar-refractivity contribution >= 4 is 0 Å². The minimum atomic E-state index is -5.49. The lowest BCUT2D eigenvalue weighted by Crippen LogP contribution is -2.21. The summed E-state index contributed by atoms with van der Waals surface area (Å²) >= 11 is 0. The second kappa shape index (κ2) is 4.04. The van der Waals surface area contributed by atoms with E-state index < -0.39 is 35.5 Å². The Morgan fingerprint density at radius 3 is 1.82 bits per heavy atom. The van der Waals surface area contributed by atoms with Crippen molar-refractivity contribution in [1.29, 1.82) is 0 Å². The van der Waals surface area contributed by atoms with Gasteiger partial charge in [0.15, 0.2) is 0 Å². The number of halogens is 8. The SMILES string of the molecule is Fc1cc(F)c(C(F)(F)F)c(OC(F)(F)F)c1. The molecule has 9 heteroatoms. The molecule has 0 saturated heterocycles. The zero-order valence-electron chi connectivity index (χ0n) is 7.59. The molecule has 96 valence electrons. The van der Waals surface area contributed by atoms with Crippen molar-refractivity contribution in [3.8, 4) is 5.75 Å². The number of ether oxygens (including phenoxy) is 1. The minimum absolute atomic E-state index is 0.188. The van der Waals surface area contributed by atoms with E-state index in [-0.39, 0.29) is 12.1 Å². The average molecular weight is 266 g/mol. The monoisotopic (exact) mass is 266 g/mol. The Hall–Kier alpha value is -1.54. The number of hydrogen-bond acceptors (Lipinski definition) is 1. The third kappa shape index (κ3) is 3.46. The van der Waals surface area contributed by atoms with Crippen molar-refractivity contribution in [2.45, 2.75) is 12.5 Å². The summed E-state index contributed by atoms with van der Waals surface area (Å²) in [6, 6.07) is -0.383. The first-order chi connectivity index (χ1) is 7.50. The molecule has 1 aromatic rings. The van der Waals surface area contributed by atoms with Crippen LogP contribution in [0.5, 0.6) is 5.75 Å². The molecule has 0 aliphatic heterocycles. The van der Waals surface area contributed by atoms with Crippen molar-refractivity contribution in [3.63, 3.8) is 0 Å².